The first kappa shape index (κ1) is 20.8. The van der Waals surface area contributed by atoms with Crippen molar-refractivity contribution in [3.63, 3.8) is 0 Å². The maximum atomic E-state index is 12.8. The van der Waals surface area contributed by atoms with Crippen LogP contribution in [0.15, 0.2) is 71.8 Å². The van der Waals surface area contributed by atoms with Crippen LogP contribution in [0.5, 0.6) is 0 Å². The van der Waals surface area contributed by atoms with Crippen LogP contribution in [0.3, 0.4) is 0 Å². The van der Waals surface area contributed by atoms with Gasteiger partial charge in [0, 0.05) is 31.7 Å². The number of carbonyl (C=O) groups excluding carboxylic acids is 1. The van der Waals surface area contributed by atoms with Gasteiger partial charge in [0.25, 0.3) is 5.56 Å². The van der Waals surface area contributed by atoms with Crippen LogP contribution in [-0.2, 0) is 11.3 Å². The summed E-state index contributed by atoms with van der Waals surface area (Å²) in [5, 5.41) is 9.35. The minimum atomic E-state index is -0.198. The minimum Gasteiger partial charge on any atom is -0.352 e. The van der Waals surface area contributed by atoms with E-state index in [0.717, 1.165) is 22.6 Å². The lowest BCUT2D eigenvalue weighted by Crippen LogP contribution is -2.50. The Hall–Kier alpha value is -4.07. The first-order chi connectivity index (χ1) is 16.1. The van der Waals surface area contributed by atoms with E-state index >= 15 is 0 Å². The molecule has 5 rings (SSSR count). The van der Waals surface area contributed by atoms with Crippen molar-refractivity contribution in [3.05, 3.63) is 82.9 Å². The normalized spacial score (nSPS) is 14.0. The van der Waals surface area contributed by atoms with Gasteiger partial charge in [0.15, 0.2) is 5.82 Å². The number of para-hydroxylation sites is 1. The van der Waals surface area contributed by atoms with E-state index in [1.807, 2.05) is 36.4 Å². The van der Waals surface area contributed by atoms with Crippen LogP contribution >= 0.6 is 0 Å². The largest absolute Gasteiger partial charge is 0.352 e. The van der Waals surface area contributed by atoms with Crippen molar-refractivity contribution >= 4 is 22.6 Å². The van der Waals surface area contributed by atoms with Crippen LogP contribution in [-0.4, -0.2) is 56.7 Å². The molecule has 2 aromatic carbocycles. The van der Waals surface area contributed by atoms with E-state index < -0.39 is 0 Å². The molecule has 0 bridgehead atoms. The Bertz CT molecular complexity index is 1360. The van der Waals surface area contributed by atoms with Crippen LogP contribution in [0.2, 0.25) is 0 Å². The monoisotopic (exact) mass is 440 g/mol. The summed E-state index contributed by atoms with van der Waals surface area (Å²) in [6.45, 7) is 4.50. The Morgan fingerprint density at radius 2 is 1.67 bits per heavy atom. The van der Waals surface area contributed by atoms with Gasteiger partial charge in [-0.3, -0.25) is 14.2 Å². The molecule has 1 aliphatic heterocycles. The molecule has 0 spiro atoms. The third-order valence-corrected chi connectivity index (χ3v) is 6.06. The molecular formula is C25H24N6O2. The highest BCUT2D eigenvalue weighted by Crippen LogP contribution is 2.22. The number of anilines is 1. The number of amides is 1. The Labute approximate surface area is 191 Å². The standard InChI is InChI=1S/C25H24N6O2/c1-18-6-2-3-7-19(18)22-10-11-23(28-27-22)29-12-14-30(15-13-29)24(32)16-31-17-26-21-9-5-4-8-20(21)25(31)33/h2-11,17H,12-16H2,1H3. The van der Waals surface area contributed by atoms with Crippen molar-refractivity contribution in [2.45, 2.75) is 13.5 Å². The molecule has 8 nitrogen and oxygen atoms in total. The van der Waals surface area contributed by atoms with Gasteiger partial charge in [-0.15, -0.1) is 10.2 Å². The summed E-state index contributed by atoms with van der Waals surface area (Å²) < 4.78 is 1.38. The summed E-state index contributed by atoms with van der Waals surface area (Å²) in [5.74, 6) is 0.712. The predicted octanol–water partition coefficient (Wildman–Crippen LogP) is 2.51. The van der Waals surface area contributed by atoms with E-state index in [1.54, 1.807) is 23.1 Å². The summed E-state index contributed by atoms with van der Waals surface area (Å²) in [6.07, 6.45) is 1.45. The van der Waals surface area contributed by atoms with E-state index in [1.165, 1.54) is 10.9 Å². The number of hydrogen-bond donors (Lipinski definition) is 0. The Balaban J connectivity index is 1.22. The third-order valence-electron chi connectivity index (χ3n) is 6.06. The maximum Gasteiger partial charge on any atom is 0.261 e. The first-order valence-corrected chi connectivity index (χ1v) is 11.0. The zero-order valence-corrected chi connectivity index (χ0v) is 18.4. The fourth-order valence-electron chi connectivity index (χ4n) is 4.15. The van der Waals surface area contributed by atoms with E-state index in [-0.39, 0.29) is 18.0 Å². The lowest BCUT2D eigenvalue weighted by molar-refractivity contribution is -0.132. The molecule has 8 heteroatoms. The van der Waals surface area contributed by atoms with Crippen molar-refractivity contribution in [1.29, 1.82) is 0 Å². The number of rotatable bonds is 4. The summed E-state index contributed by atoms with van der Waals surface area (Å²) in [6, 6.07) is 19.2. The Kier molecular flexibility index (Phi) is 5.56. The van der Waals surface area contributed by atoms with E-state index in [9.17, 15) is 9.59 Å². The highest BCUT2D eigenvalue weighted by Gasteiger charge is 2.23. The van der Waals surface area contributed by atoms with Crippen LogP contribution in [0.25, 0.3) is 22.2 Å². The van der Waals surface area contributed by atoms with Crippen LogP contribution in [0.4, 0.5) is 5.82 Å². The number of hydrogen-bond acceptors (Lipinski definition) is 6. The van der Waals surface area contributed by atoms with Crippen LogP contribution < -0.4 is 10.5 Å². The van der Waals surface area contributed by atoms with Gasteiger partial charge in [0.05, 0.1) is 22.9 Å². The van der Waals surface area contributed by atoms with Crippen molar-refractivity contribution in [2.24, 2.45) is 0 Å². The first-order valence-electron chi connectivity index (χ1n) is 11.0. The number of fused-ring (bicyclic) bond motifs is 1. The lowest BCUT2D eigenvalue weighted by atomic mass is 10.1. The van der Waals surface area contributed by atoms with Crippen molar-refractivity contribution in [3.8, 4) is 11.3 Å². The fraction of sp³-hybridized carbons (Fsp3) is 0.240. The van der Waals surface area contributed by atoms with Gasteiger partial charge in [-0.25, -0.2) is 4.98 Å². The fourth-order valence-corrected chi connectivity index (χ4v) is 4.15. The van der Waals surface area contributed by atoms with Gasteiger partial charge in [-0.2, -0.15) is 0 Å². The van der Waals surface area contributed by atoms with Gasteiger partial charge in [-0.1, -0.05) is 36.4 Å². The van der Waals surface area contributed by atoms with Gasteiger partial charge in [0.1, 0.15) is 6.54 Å². The predicted molar refractivity (Wildman–Crippen MR) is 127 cm³/mol. The summed E-state index contributed by atoms with van der Waals surface area (Å²) in [7, 11) is 0. The van der Waals surface area contributed by atoms with E-state index in [4.69, 9.17) is 0 Å². The third kappa shape index (κ3) is 4.19. The van der Waals surface area contributed by atoms with Crippen LogP contribution in [0, 0.1) is 6.92 Å². The molecule has 1 amide bonds. The molecule has 1 aliphatic rings. The number of carbonyl (C=O) groups is 1. The molecule has 2 aromatic heterocycles. The molecule has 0 aliphatic carbocycles. The molecule has 4 aromatic rings. The van der Waals surface area contributed by atoms with Gasteiger partial charge in [-0.05, 0) is 36.8 Å². The average molecular weight is 441 g/mol. The zero-order valence-electron chi connectivity index (χ0n) is 18.4. The number of piperazine rings is 1. The quantitative estimate of drug-likeness (QED) is 0.485. The highest BCUT2D eigenvalue weighted by atomic mass is 16.2. The summed E-state index contributed by atoms with van der Waals surface area (Å²) in [5.41, 5.74) is 3.52. The molecule has 1 saturated heterocycles. The molecule has 0 N–H and O–H groups in total. The van der Waals surface area contributed by atoms with E-state index in [2.05, 4.69) is 33.1 Å². The number of aryl methyl sites for hydroxylation is 1. The second kappa shape index (κ2) is 8.82. The van der Waals surface area contributed by atoms with Gasteiger partial charge in [0.2, 0.25) is 5.91 Å². The minimum absolute atomic E-state index is 0.0123. The van der Waals surface area contributed by atoms with Crippen molar-refractivity contribution in [2.75, 3.05) is 31.1 Å². The van der Waals surface area contributed by atoms with Crippen molar-refractivity contribution < 1.29 is 4.79 Å². The smallest absolute Gasteiger partial charge is 0.261 e. The number of nitrogens with zero attached hydrogens (tertiary/aromatic N) is 6. The molecular weight excluding hydrogens is 416 g/mol. The Morgan fingerprint density at radius 3 is 2.42 bits per heavy atom. The summed E-state index contributed by atoms with van der Waals surface area (Å²) >= 11 is 0. The molecule has 0 saturated carbocycles. The number of benzene rings is 2. The molecule has 0 atom stereocenters. The maximum absolute atomic E-state index is 12.8. The van der Waals surface area contributed by atoms with Gasteiger partial charge >= 0.3 is 0 Å². The van der Waals surface area contributed by atoms with Crippen molar-refractivity contribution in [1.82, 2.24) is 24.6 Å². The summed E-state index contributed by atoms with van der Waals surface area (Å²) in [4.78, 5) is 33.7. The topological polar surface area (TPSA) is 84.2 Å². The molecule has 1 fully saturated rings. The molecule has 0 unspecified atom stereocenters. The SMILES string of the molecule is Cc1ccccc1-c1ccc(N2CCN(C(=O)Cn3cnc4ccccc4c3=O)CC2)nn1. The molecule has 33 heavy (non-hydrogen) atoms. The Morgan fingerprint density at radius 1 is 0.909 bits per heavy atom. The second-order valence-corrected chi connectivity index (χ2v) is 8.15. The zero-order chi connectivity index (χ0) is 22.8. The average Bonchev–Trinajstić information content (AvgIpc) is 2.86. The van der Waals surface area contributed by atoms with Gasteiger partial charge < -0.3 is 9.80 Å². The van der Waals surface area contributed by atoms with E-state index in [0.29, 0.717) is 37.1 Å². The van der Waals surface area contributed by atoms with Crippen LogP contribution in [0.1, 0.15) is 5.56 Å². The highest BCUT2D eigenvalue weighted by molar-refractivity contribution is 5.79. The second-order valence-electron chi connectivity index (χ2n) is 8.15. The molecule has 3 heterocycles. The molecule has 166 valence electrons. The molecule has 0 radical (unpaired) electrons. The lowest BCUT2D eigenvalue weighted by Gasteiger charge is -2.35. The number of aromatic nitrogens is 4.